The number of pyridine rings is 1. The van der Waals surface area contributed by atoms with Gasteiger partial charge in [-0.1, -0.05) is 48.9 Å². The maximum atomic E-state index is 6.28. The molecule has 21 heavy (non-hydrogen) atoms. The molecule has 1 N–H and O–H groups in total. The third-order valence-corrected chi connectivity index (χ3v) is 3.92. The minimum Gasteiger partial charge on any atom is -0.313 e. The summed E-state index contributed by atoms with van der Waals surface area (Å²) in [6.45, 7) is 3.80. The Labute approximate surface area is 129 Å². The molecule has 3 aromatic rings. The summed E-state index contributed by atoms with van der Waals surface area (Å²) in [5, 5.41) is 5.27. The summed E-state index contributed by atoms with van der Waals surface area (Å²) in [6.07, 6.45) is 1.83. The lowest BCUT2D eigenvalue weighted by molar-refractivity contribution is 0.727. The first-order chi connectivity index (χ1) is 10.3. The van der Waals surface area contributed by atoms with E-state index in [0.29, 0.717) is 0 Å². The van der Waals surface area contributed by atoms with Gasteiger partial charge in [-0.2, -0.15) is 0 Å². The number of para-hydroxylation sites is 1. The molecule has 3 heteroatoms. The minimum atomic E-state index is 0.779. The van der Waals surface area contributed by atoms with Crippen LogP contribution in [-0.2, 0) is 6.54 Å². The molecule has 0 aliphatic rings. The molecule has 2 nitrogen and oxygen atoms in total. The van der Waals surface area contributed by atoms with Crippen LogP contribution in [0.4, 0.5) is 0 Å². The standard InChI is InChI=1S/C18H17ClN2/c1-2-20-12-15-11-14(8-9-17(15)19)16-7-3-5-13-6-4-10-21-18(13)16/h3-11,20H,2,12H2,1H3. The fourth-order valence-corrected chi connectivity index (χ4v) is 2.66. The number of rotatable bonds is 4. The Bertz CT molecular complexity index is 763. The van der Waals surface area contributed by atoms with Crippen molar-refractivity contribution in [2.75, 3.05) is 6.54 Å². The molecule has 106 valence electrons. The van der Waals surface area contributed by atoms with Crippen LogP contribution in [0.15, 0.2) is 54.7 Å². The first kappa shape index (κ1) is 14.1. The summed E-state index contributed by atoms with van der Waals surface area (Å²) in [5.74, 6) is 0. The van der Waals surface area contributed by atoms with Crippen LogP contribution in [0.3, 0.4) is 0 Å². The summed E-state index contributed by atoms with van der Waals surface area (Å²) in [6, 6.07) is 16.5. The number of halogens is 1. The second kappa shape index (κ2) is 6.25. The predicted octanol–water partition coefficient (Wildman–Crippen LogP) is 4.66. The van der Waals surface area contributed by atoms with Crippen LogP contribution in [0.25, 0.3) is 22.0 Å². The van der Waals surface area contributed by atoms with Crippen LogP contribution in [0.5, 0.6) is 0 Å². The number of benzene rings is 2. The maximum absolute atomic E-state index is 6.28. The molecule has 0 spiro atoms. The van der Waals surface area contributed by atoms with Crippen molar-refractivity contribution in [3.8, 4) is 11.1 Å². The molecule has 0 amide bonds. The number of nitrogens with zero attached hydrogens (tertiary/aromatic N) is 1. The topological polar surface area (TPSA) is 24.9 Å². The third-order valence-electron chi connectivity index (χ3n) is 3.55. The molecule has 0 saturated carbocycles. The molecule has 0 fully saturated rings. The van der Waals surface area contributed by atoms with E-state index in [-0.39, 0.29) is 0 Å². The van der Waals surface area contributed by atoms with Crippen molar-refractivity contribution in [3.63, 3.8) is 0 Å². The van der Waals surface area contributed by atoms with Crippen molar-refractivity contribution >= 4 is 22.5 Å². The van der Waals surface area contributed by atoms with E-state index in [0.717, 1.165) is 45.7 Å². The maximum Gasteiger partial charge on any atom is 0.0780 e. The van der Waals surface area contributed by atoms with Gasteiger partial charge >= 0.3 is 0 Å². The molecule has 0 atom stereocenters. The zero-order valence-electron chi connectivity index (χ0n) is 11.9. The van der Waals surface area contributed by atoms with Gasteiger partial charge in [0.15, 0.2) is 0 Å². The van der Waals surface area contributed by atoms with Crippen molar-refractivity contribution in [1.82, 2.24) is 10.3 Å². The van der Waals surface area contributed by atoms with Crippen LogP contribution in [0, 0.1) is 0 Å². The SMILES string of the molecule is CCNCc1cc(-c2cccc3cccnc23)ccc1Cl. The smallest absolute Gasteiger partial charge is 0.0780 e. The molecule has 0 saturated heterocycles. The molecule has 3 rings (SSSR count). The molecule has 0 radical (unpaired) electrons. The van der Waals surface area contributed by atoms with Gasteiger partial charge < -0.3 is 5.32 Å². The quantitative estimate of drug-likeness (QED) is 0.757. The zero-order chi connectivity index (χ0) is 14.7. The lowest BCUT2D eigenvalue weighted by atomic mass is 10.00. The van der Waals surface area contributed by atoms with E-state index in [1.165, 1.54) is 0 Å². The number of nitrogens with one attached hydrogen (secondary N) is 1. The average molecular weight is 297 g/mol. The van der Waals surface area contributed by atoms with Crippen LogP contribution >= 0.6 is 11.6 Å². The van der Waals surface area contributed by atoms with Crippen molar-refractivity contribution in [2.45, 2.75) is 13.5 Å². The van der Waals surface area contributed by atoms with Gasteiger partial charge in [-0.25, -0.2) is 0 Å². The van der Waals surface area contributed by atoms with E-state index < -0.39 is 0 Å². The van der Waals surface area contributed by atoms with Crippen molar-refractivity contribution in [3.05, 3.63) is 65.3 Å². The van der Waals surface area contributed by atoms with Gasteiger partial charge in [0.1, 0.15) is 0 Å². The third kappa shape index (κ3) is 2.92. The van der Waals surface area contributed by atoms with Gasteiger partial charge in [0.25, 0.3) is 0 Å². The second-order valence-electron chi connectivity index (χ2n) is 4.97. The van der Waals surface area contributed by atoms with E-state index in [4.69, 9.17) is 11.6 Å². The average Bonchev–Trinajstić information content (AvgIpc) is 2.54. The van der Waals surface area contributed by atoms with Crippen molar-refractivity contribution in [1.29, 1.82) is 0 Å². The monoisotopic (exact) mass is 296 g/mol. The Hall–Kier alpha value is -1.90. The molecular weight excluding hydrogens is 280 g/mol. The molecule has 2 aromatic carbocycles. The van der Waals surface area contributed by atoms with E-state index in [9.17, 15) is 0 Å². The highest BCUT2D eigenvalue weighted by molar-refractivity contribution is 6.31. The van der Waals surface area contributed by atoms with Gasteiger partial charge in [0.2, 0.25) is 0 Å². The zero-order valence-corrected chi connectivity index (χ0v) is 12.7. The fraction of sp³-hybridized carbons (Fsp3) is 0.167. The second-order valence-corrected chi connectivity index (χ2v) is 5.37. The highest BCUT2D eigenvalue weighted by Gasteiger charge is 2.07. The summed E-state index contributed by atoms with van der Waals surface area (Å²) < 4.78 is 0. The largest absolute Gasteiger partial charge is 0.313 e. The van der Waals surface area contributed by atoms with Crippen molar-refractivity contribution in [2.24, 2.45) is 0 Å². The van der Waals surface area contributed by atoms with Gasteiger partial charge in [-0.3, -0.25) is 4.98 Å². The highest BCUT2D eigenvalue weighted by Crippen LogP contribution is 2.29. The first-order valence-corrected chi connectivity index (χ1v) is 7.50. The predicted molar refractivity (Wildman–Crippen MR) is 89.6 cm³/mol. The summed E-state index contributed by atoms with van der Waals surface area (Å²) >= 11 is 6.28. The molecular formula is C18H17ClN2. The van der Waals surface area contributed by atoms with E-state index in [1.807, 2.05) is 18.3 Å². The van der Waals surface area contributed by atoms with E-state index in [1.54, 1.807) is 0 Å². The van der Waals surface area contributed by atoms with Crippen molar-refractivity contribution < 1.29 is 0 Å². The van der Waals surface area contributed by atoms with Crippen LogP contribution in [-0.4, -0.2) is 11.5 Å². The minimum absolute atomic E-state index is 0.779. The highest BCUT2D eigenvalue weighted by atomic mass is 35.5. The lowest BCUT2D eigenvalue weighted by Gasteiger charge is -2.10. The normalized spacial score (nSPS) is 11.0. The number of aromatic nitrogens is 1. The Kier molecular flexibility index (Phi) is 4.18. The molecule has 0 bridgehead atoms. The molecule has 1 heterocycles. The van der Waals surface area contributed by atoms with Crippen LogP contribution < -0.4 is 5.32 Å². The van der Waals surface area contributed by atoms with Gasteiger partial charge in [0, 0.05) is 28.7 Å². The fourth-order valence-electron chi connectivity index (χ4n) is 2.47. The molecule has 0 unspecified atom stereocenters. The van der Waals surface area contributed by atoms with Crippen LogP contribution in [0.2, 0.25) is 5.02 Å². The van der Waals surface area contributed by atoms with Gasteiger partial charge in [0.05, 0.1) is 5.52 Å². The summed E-state index contributed by atoms with van der Waals surface area (Å²) in [5.41, 5.74) is 4.43. The Balaban J connectivity index is 2.10. The number of fused-ring (bicyclic) bond motifs is 1. The number of hydrogen-bond acceptors (Lipinski definition) is 2. The summed E-state index contributed by atoms with van der Waals surface area (Å²) in [4.78, 5) is 4.52. The summed E-state index contributed by atoms with van der Waals surface area (Å²) in [7, 11) is 0. The molecule has 0 aliphatic heterocycles. The lowest BCUT2D eigenvalue weighted by Crippen LogP contribution is -2.12. The van der Waals surface area contributed by atoms with E-state index in [2.05, 4.69) is 53.6 Å². The van der Waals surface area contributed by atoms with E-state index >= 15 is 0 Å². The van der Waals surface area contributed by atoms with Crippen LogP contribution in [0.1, 0.15) is 12.5 Å². The number of hydrogen-bond donors (Lipinski definition) is 1. The Morgan fingerprint density at radius 2 is 1.95 bits per heavy atom. The Morgan fingerprint density at radius 3 is 2.81 bits per heavy atom. The molecule has 0 aliphatic carbocycles. The van der Waals surface area contributed by atoms with Gasteiger partial charge in [-0.05, 0) is 35.9 Å². The Morgan fingerprint density at radius 1 is 1.10 bits per heavy atom. The van der Waals surface area contributed by atoms with Gasteiger partial charge in [-0.15, -0.1) is 0 Å². The first-order valence-electron chi connectivity index (χ1n) is 7.13. The molecule has 1 aromatic heterocycles.